The smallest absolute Gasteiger partial charge is 0.178 e. The van der Waals surface area contributed by atoms with E-state index in [2.05, 4.69) is 105 Å². The molecule has 2 heterocycles. The molecule has 3 aromatic carbocycles. The van der Waals surface area contributed by atoms with Crippen LogP contribution in [-0.2, 0) is 0 Å². The van der Waals surface area contributed by atoms with Crippen LogP contribution in [0, 0.1) is 0 Å². The largest absolute Gasteiger partial charge is 0.384 e. The van der Waals surface area contributed by atoms with Crippen molar-refractivity contribution in [1.29, 1.82) is 0 Å². The number of benzene rings is 3. The fraction of sp³-hybridized carbons (Fsp3) is 0.233. The van der Waals surface area contributed by atoms with Gasteiger partial charge in [-0.15, -0.1) is 5.10 Å². The number of pyridine rings is 1. The van der Waals surface area contributed by atoms with Crippen molar-refractivity contribution in [3.05, 3.63) is 119 Å². The maximum atomic E-state index is 6.16. The Morgan fingerprint density at radius 2 is 1.61 bits per heavy atom. The van der Waals surface area contributed by atoms with Crippen molar-refractivity contribution >= 4 is 17.0 Å². The minimum absolute atomic E-state index is 0.132. The van der Waals surface area contributed by atoms with Crippen molar-refractivity contribution in [1.82, 2.24) is 25.7 Å². The number of hydrogen-bond donors (Lipinski definition) is 3. The van der Waals surface area contributed by atoms with E-state index in [1.54, 1.807) is 0 Å². The molecule has 5 aromatic rings. The third-order valence-corrected chi connectivity index (χ3v) is 7.44. The average molecular weight is 475 g/mol. The van der Waals surface area contributed by atoms with E-state index >= 15 is 0 Å². The van der Waals surface area contributed by atoms with Crippen LogP contribution in [0.1, 0.15) is 65.0 Å². The van der Waals surface area contributed by atoms with Gasteiger partial charge in [0.05, 0.1) is 0 Å². The number of nitrogens with two attached hydrogens (primary N) is 1. The first kappa shape index (κ1) is 22.4. The quantitative estimate of drug-likeness (QED) is 0.281. The van der Waals surface area contributed by atoms with Crippen molar-refractivity contribution in [2.75, 3.05) is 12.3 Å². The molecule has 1 aliphatic rings. The molecular formula is C30H30N6. The van der Waals surface area contributed by atoms with Crippen LogP contribution >= 0.6 is 0 Å². The molecule has 36 heavy (non-hydrogen) atoms. The summed E-state index contributed by atoms with van der Waals surface area (Å²) < 4.78 is 0. The van der Waals surface area contributed by atoms with Crippen molar-refractivity contribution in [3.63, 3.8) is 0 Å². The van der Waals surface area contributed by atoms with Crippen molar-refractivity contribution < 1.29 is 0 Å². The molecule has 3 atom stereocenters. The lowest BCUT2D eigenvalue weighted by Gasteiger charge is -2.33. The maximum absolute atomic E-state index is 6.16. The zero-order valence-electron chi connectivity index (χ0n) is 20.1. The van der Waals surface area contributed by atoms with E-state index < -0.39 is 0 Å². The minimum atomic E-state index is 0.132. The Morgan fingerprint density at radius 1 is 0.889 bits per heavy atom. The normalized spacial score (nSPS) is 18.1. The molecular weight excluding hydrogens is 444 g/mol. The Balaban J connectivity index is 1.25. The molecule has 4 N–H and O–H groups in total. The molecule has 0 spiro atoms. The topological polar surface area (TPSA) is 92.5 Å². The van der Waals surface area contributed by atoms with Crippen LogP contribution in [0.25, 0.3) is 11.2 Å². The highest BCUT2D eigenvalue weighted by molar-refractivity contribution is 5.77. The third kappa shape index (κ3) is 4.36. The van der Waals surface area contributed by atoms with Crippen molar-refractivity contribution in [2.24, 2.45) is 0 Å². The Kier molecular flexibility index (Phi) is 6.18. The Morgan fingerprint density at radius 3 is 2.42 bits per heavy atom. The Bertz CT molecular complexity index is 1450. The highest BCUT2D eigenvalue weighted by Gasteiger charge is 2.28. The zero-order chi connectivity index (χ0) is 24.3. The van der Waals surface area contributed by atoms with Crippen LogP contribution in [0.5, 0.6) is 0 Å². The molecule has 0 bridgehead atoms. The SMILES string of the molecule is Nc1cc(C(CCN[C@@H]2CC[C@H](c3ccccc3)c3ccccc32)c2ccccc2)c2nn[nH]c2n1. The molecule has 0 saturated carbocycles. The first-order valence-corrected chi connectivity index (χ1v) is 12.7. The highest BCUT2D eigenvalue weighted by Crippen LogP contribution is 2.41. The van der Waals surface area contributed by atoms with Crippen molar-refractivity contribution in [2.45, 2.75) is 37.1 Å². The molecule has 1 aliphatic carbocycles. The van der Waals surface area contributed by atoms with Crippen LogP contribution in [0.2, 0.25) is 0 Å². The van der Waals surface area contributed by atoms with E-state index in [4.69, 9.17) is 5.73 Å². The lowest BCUT2D eigenvalue weighted by atomic mass is 9.76. The van der Waals surface area contributed by atoms with Gasteiger partial charge < -0.3 is 11.1 Å². The summed E-state index contributed by atoms with van der Waals surface area (Å²) in [6, 6.07) is 32.7. The number of nitrogens with one attached hydrogen (secondary N) is 2. The van der Waals surface area contributed by atoms with Gasteiger partial charge in [-0.25, -0.2) is 10.1 Å². The van der Waals surface area contributed by atoms with Gasteiger partial charge in [0.25, 0.3) is 0 Å². The zero-order valence-corrected chi connectivity index (χ0v) is 20.1. The first-order chi connectivity index (χ1) is 17.8. The lowest BCUT2D eigenvalue weighted by molar-refractivity contribution is 0.433. The predicted molar refractivity (Wildman–Crippen MR) is 144 cm³/mol. The monoisotopic (exact) mass is 474 g/mol. The molecule has 1 unspecified atom stereocenters. The summed E-state index contributed by atoms with van der Waals surface area (Å²) in [6.45, 7) is 0.871. The third-order valence-electron chi connectivity index (χ3n) is 7.44. The van der Waals surface area contributed by atoms with E-state index in [0.717, 1.165) is 36.9 Å². The summed E-state index contributed by atoms with van der Waals surface area (Å²) in [6.07, 6.45) is 3.17. The van der Waals surface area contributed by atoms with E-state index in [1.165, 1.54) is 22.3 Å². The number of hydrogen-bond acceptors (Lipinski definition) is 5. The molecule has 180 valence electrons. The fourth-order valence-electron chi connectivity index (χ4n) is 5.77. The van der Waals surface area contributed by atoms with Crippen LogP contribution < -0.4 is 11.1 Å². The molecule has 0 aliphatic heterocycles. The van der Waals surface area contributed by atoms with E-state index in [9.17, 15) is 0 Å². The number of nitrogens with zero attached hydrogens (tertiary/aromatic N) is 3. The second kappa shape index (κ2) is 9.91. The van der Waals surface area contributed by atoms with Gasteiger partial charge in [0.2, 0.25) is 0 Å². The van der Waals surface area contributed by atoms with Gasteiger partial charge in [-0.2, -0.15) is 0 Å². The molecule has 0 radical (unpaired) electrons. The molecule has 0 amide bonds. The van der Waals surface area contributed by atoms with Crippen LogP contribution in [0.15, 0.2) is 91.0 Å². The van der Waals surface area contributed by atoms with Gasteiger partial charge >= 0.3 is 0 Å². The van der Waals surface area contributed by atoms with E-state index in [0.29, 0.717) is 23.4 Å². The number of rotatable bonds is 7. The van der Waals surface area contributed by atoms with Crippen LogP contribution in [0.3, 0.4) is 0 Å². The number of nitrogen functional groups attached to an aromatic ring is 1. The summed E-state index contributed by atoms with van der Waals surface area (Å²) >= 11 is 0. The molecule has 6 nitrogen and oxygen atoms in total. The Labute approximate surface area is 211 Å². The predicted octanol–water partition coefficient (Wildman–Crippen LogP) is 5.71. The summed E-state index contributed by atoms with van der Waals surface area (Å²) in [7, 11) is 0. The van der Waals surface area contributed by atoms with Crippen molar-refractivity contribution in [3.8, 4) is 0 Å². The molecule has 6 rings (SSSR count). The summed E-state index contributed by atoms with van der Waals surface area (Å²) in [5.74, 6) is 1.07. The van der Waals surface area contributed by atoms with Gasteiger partial charge in [-0.05, 0) is 59.7 Å². The highest BCUT2D eigenvalue weighted by atomic mass is 15.3. The van der Waals surface area contributed by atoms with Gasteiger partial charge in [-0.1, -0.05) is 90.1 Å². The fourth-order valence-corrected chi connectivity index (χ4v) is 5.77. The van der Waals surface area contributed by atoms with E-state index in [-0.39, 0.29) is 5.92 Å². The van der Waals surface area contributed by atoms with Gasteiger partial charge in [-0.3, -0.25) is 0 Å². The number of anilines is 1. The number of aromatic nitrogens is 4. The number of aromatic amines is 1. The average Bonchev–Trinajstić information content (AvgIpc) is 3.40. The van der Waals surface area contributed by atoms with E-state index in [1.807, 2.05) is 12.1 Å². The number of fused-ring (bicyclic) bond motifs is 2. The first-order valence-electron chi connectivity index (χ1n) is 12.7. The summed E-state index contributed by atoms with van der Waals surface area (Å²) in [4.78, 5) is 4.36. The molecule has 0 saturated heterocycles. The van der Waals surface area contributed by atoms with Gasteiger partial charge in [0, 0.05) is 17.9 Å². The molecule has 6 heteroatoms. The lowest BCUT2D eigenvalue weighted by Crippen LogP contribution is -2.28. The van der Waals surface area contributed by atoms with Crippen LogP contribution in [0.4, 0.5) is 5.82 Å². The number of H-pyrrole nitrogens is 1. The Hall–Kier alpha value is -4.03. The molecule has 2 aromatic heterocycles. The standard InChI is InChI=1S/C30H30N6/c31-28-19-26(29-30(33-28)35-36-34-29)23(21-11-5-2-6-12-21)17-18-32-27-16-15-22(20-9-3-1-4-10-20)24-13-7-8-14-25(24)27/h1-14,19,22-23,27,32H,15-18H2,(H3,31,33,34,35,36)/t22-,23?,27-/m1/s1. The summed E-state index contributed by atoms with van der Waals surface area (Å²) in [5, 5.41) is 15.1. The second-order valence-electron chi connectivity index (χ2n) is 9.57. The minimum Gasteiger partial charge on any atom is -0.384 e. The molecule has 0 fully saturated rings. The summed E-state index contributed by atoms with van der Waals surface area (Å²) in [5.41, 5.74) is 14.1. The van der Waals surface area contributed by atoms with Crippen LogP contribution in [-0.4, -0.2) is 26.9 Å². The van der Waals surface area contributed by atoms with Gasteiger partial charge in [0.1, 0.15) is 11.3 Å². The second-order valence-corrected chi connectivity index (χ2v) is 9.57. The maximum Gasteiger partial charge on any atom is 0.178 e. The van der Waals surface area contributed by atoms with Gasteiger partial charge in [0.15, 0.2) is 5.65 Å².